The first-order valence-corrected chi connectivity index (χ1v) is 6.75. The lowest BCUT2D eigenvalue weighted by Crippen LogP contribution is -2.35. The molecule has 0 radical (unpaired) electrons. The number of rotatable bonds is 3. The number of carbonyl (C=O) groups is 1. The molecule has 1 fully saturated rings. The second kappa shape index (κ2) is 5.49. The summed E-state index contributed by atoms with van der Waals surface area (Å²) in [5.41, 5.74) is 0.932. The van der Waals surface area contributed by atoms with Crippen molar-refractivity contribution in [2.45, 2.75) is 25.9 Å². The van der Waals surface area contributed by atoms with Gasteiger partial charge in [0.15, 0.2) is 0 Å². The normalized spacial score (nSPS) is 23.6. The summed E-state index contributed by atoms with van der Waals surface area (Å²) in [5, 5.41) is 13.4. The first kappa shape index (κ1) is 14.3. The summed E-state index contributed by atoms with van der Waals surface area (Å²) in [5.74, 6) is -0.0805. The van der Waals surface area contributed by atoms with Crippen LogP contribution in [0.15, 0.2) is 18.2 Å². The zero-order chi connectivity index (χ0) is 14.0. The molecule has 1 aromatic carbocycles. The summed E-state index contributed by atoms with van der Waals surface area (Å²) in [6, 6.07) is 5.44. The standard InChI is InChI=1S/C14H19ClN2O2/c1-10-11(15)4-3-5-12(10)16-13(18)8-17-7-6-14(2,19)9-17/h3-5,19H,6-9H2,1-2H3,(H,16,18). The summed E-state index contributed by atoms with van der Waals surface area (Å²) in [6.07, 6.45) is 0.705. The Bertz CT molecular complexity index is 488. The molecule has 2 rings (SSSR count). The molecule has 4 nitrogen and oxygen atoms in total. The number of aliphatic hydroxyl groups is 1. The topological polar surface area (TPSA) is 52.6 Å². The highest BCUT2D eigenvalue weighted by Gasteiger charge is 2.32. The number of amides is 1. The molecule has 1 unspecified atom stereocenters. The van der Waals surface area contributed by atoms with Crippen LogP contribution in [0.1, 0.15) is 18.9 Å². The molecule has 0 spiro atoms. The lowest BCUT2D eigenvalue weighted by molar-refractivity contribution is -0.117. The van der Waals surface area contributed by atoms with E-state index in [2.05, 4.69) is 5.32 Å². The van der Waals surface area contributed by atoms with Gasteiger partial charge in [-0.1, -0.05) is 17.7 Å². The number of carbonyl (C=O) groups excluding carboxylic acids is 1. The third-order valence-corrected chi connectivity index (χ3v) is 3.85. The molecule has 0 saturated carbocycles. The Labute approximate surface area is 118 Å². The van der Waals surface area contributed by atoms with Crippen LogP contribution in [0.4, 0.5) is 5.69 Å². The fraction of sp³-hybridized carbons (Fsp3) is 0.500. The minimum atomic E-state index is -0.674. The summed E-state index contributed by atoms with van der Waals surface area (Å²) in [6.45, 7) is 5.25. The van der Waals surface area contributed by atoms with Crippen molar-refractivity contribution in [3.63, 3.8) is 0 Å². The van der Waals surface area contributed by atoms with E-state index in [0.717, 1.165) is 17.8 Å². The molecule has 0 bridgehead atoms. The van der Waals surface area contributed by atoms with Gasteiger partial charge in [0, 0.05) is 23.8 Å². The molecule has 1 aromatic rings. The molecule has 19 heavy (non-hydrogen) atoms. The highest BCUT2D eigenvalue weighted by Crippen LogP contribution is 2.23. The van der Waals surface area contributed by atoms with Gasteiger partial charge in [-0.05, 0) is 38.0 Å². The first-order valence-electron chi connectivity index (χ1n) is 6.37. The van der Waals surface area contributed by atoms with Crippen molar-refractivity contribution in [3.8, 4) is 0 Å². The van der Waals surface area contributed by atoms with Gasteiger partial charge in [0.25, 0.3) is 0 Å². The summed E-state index contributed by atoms with van der Waals surface area (Å²) in [4.78, 5) is 13.9. The number of nitrogens with zero attached hydrogens (tertiary/aromatic N) is 1. The van der Waals surface area contributed by atoms with Crippen LogP contribution >= 0.6 is 11.6 Å². The molecular weight excluding hydrogens is 264 g/mol. The van der Waals surface area contributed by atoms with Gasteiger partial charge in [0.2, 0.25) is 5.91 Å². The van der Waals surface area contributed by atoms with E-state index in [9.17, 15) is 9.90 Å². The van der Waals surface area contributed by atoms with Crippen molar-refractivity contribution < 1.29 is 9.90 Å². The first-order chi connectivity index (χ1) is 8.87. The third-order valence-electron chi connectivity index (χ3n) is 3.44. The monoisotopic (exact) mass is 282 g/mol. The molecule has 104 valence electrons. The quantitative estimate of drug-likeness (QED) is 0.892. The number of likely N-dealkylation sites (tertiary alicyclic amines) is 1. The largest absolute Gasteiger partial charge is 0.389 e. The Morgan fingerprint density at radius 1 is 1.58 bits per heavy atom. The van der Waals surface area contributed by atoms with E-state index in [1.165, 1.54) is 0 Å². The van der Waals surface area contributed by atoms with Gasteiger partial charge < -0.3 is 10.4 Å². The van der Waals surface area contributed by atoms with Crippen molar-refractivity contribution in [1.82, 2.24) is 4.90 Å². The Balaban J connectivity index is 1.93. The van der Waals surface area contributed by atoms with Gasteiger partial charge in [-0.25, -0.2) is 0 Å². The molecule has 1 aliphatic heterocycles. The molecular formula is C14H19ClN2O2. The Hall–Kier alpha value is -1.10. The summed E-state index contributed by atoms with van der Waals surface area (Å²) < 4.78 is 0. The fourth-order valence-electron chi connectivity index (χ4n) is 2.31. The van der Waals surface area contributed by atoms with Crippen LogP contribution < -0.4 is 5.32 Å². The van der Waals surface area contributed by atoms with E-state index in [1.807, 2.05) is 24.0 Å². The van der Waals surface area contributed by atoms with Crippen LogP contribution in [0.2, 0.25) is 5.02 Å². The second-order valence-corrected chi connectivity index (χ2v) is 5.83. The van der Waals surface area contributed by atoms with Crippen LogP contribution in [0.25, 0.3) is 0 Å². The maximum absolute atomic E-state index is 12.0. The SMILES string of the molecule is Cc1c(Cl)cccc1NC(=O)CN1CCC(C)(O)C1. The molecule has 1 heterocycles. The van der Waals surface area contributed by atoms with E-state index in [4.69, 9.17) is 11.6 Å². The van der Waals surface area contributed by atoms with Crippen molar-refractivity contribution in [2.24, 2.45) is 0 Å². The zero-order valence-electron chi connectivity index (χ0n) is 11.2. The number of benzene rings is 1. The second-order valence-electron chi connectivity index (χ2n) is 5.42. The maximum Gasteiger partial charge on any atom is 0.238 e. The number of hydrogen-bond acceptors (Lipinski definition) is 3. The smallest absolute Gasteiger partial charge is 0.238 e. The van der Waals surface area contributed by atoms with Crippen molar-refractivity contribution >= 4 is 23.2 Å². The van der Waals surface area contributed by atoms with E-state index >= 15 is 0 Å². The highest BCUT2D eigenvalue weighted by molar-refractivity contribution is 6.31. The fourth-order valence-corrected chi connectivity index (χ4v) is 2.48. The van der Waals surface area contributed by atoms with Crippen LogP contribution in [0.5, 0.6) is 0 Å². The maximum atomic E-state index is 12.0. The molecule has 1 saturated heterocycles. The molecule has 2 N–H and O–H groups in total. The average Bonchev–Trinajstić information content (AvgIpc) is 2.64. The number of β-amino-alcohol motifs (C(OH)–C–C–N with tert-alkyl or cyclic N) is 1. The number of hydrogen-bond donors (Lipinski definition) is 2. The molecule has 1 atom stereocenters. The number of anilines is 1. The number of nitrogens with one attached hydrogen (secondary N) is 1. The third kappa shape index (κ3) is 3.69. The van der Waals surface area contributed by atoms with Gasteiger partial charge >= 0.3 is 0 Å². The highest BCUT2D eigenvalue weighted by atomic mass is 35.5. The van der Waals surface area contributed by atoms with E-state index in [1.54, 1.807) is 13.0 Å². The van der Waals surface area contributed by atoms with Gasteiger partial charge in [0.05, 0.1) is 12.1 Å². The summed E-state index contributed by atoms with van der Waals surface area (Å²) in [7, 11) is 0. The predicted octanol–water partition coefficient (Wildman–Crippen LogP) is 2.04. The van der Waals surface area contributed by atoms with Gasteiger partial charge in [-0.3, -0.25) is 9.69 Å². The predicted molar refractivity (Wildman–Crippen MR) is 76.5 cm³/mol. The molecule has 1 amide bonds. The Morgan fingerprint density at radius 2 is 2.32 bits per heavy atom. The average molecular weight is 283 g/mol. The van der Waals surface area contributed by atoms with Gasteiger partial charge in [-0.2, -0.15) is 0 Å². The zero-order valence-corrected chi connectivity index (χ0v) is 12.0. The van der Waals surface area contributed by atoms with Crippen molar-refractivity contribution in [2.75, 3.05) is 25.0 Å². The van der Waals surface area contributed by atoms with E-state index in [0.29, 0.717) is 24.5 Å². The number of halogens is 1. The van der Waals surface area contributed by atoms with E-state index < -0.39 is 5.60 Å². The van der Waals surface area contributed by atoms with Crippen molar-refractivity contribution in [1.29, 1.82) is 0 Å². The molecule has 0 aromatic heterocycles. The minimum Gasteiger partial charge on any atom is -0.389 e. The van der Waals surface area contributed by atoms with Crippen LogP contribution in [0.3, 0.4) is 0 Å². The molecule has 0 aliphatic carbocycles. The lowest BCUT2D eigenvalue weighted by Gasteiger charge is -2.18. The van der Waals surface area contributed by atoms with Gasteiger partial charge in [0.1, 0.15) is 0 Å². The van der Waals surface area contributed by atoms with Gasteiger partial charge in [-0.15, -0.1) is 0 Å². The van der Waals surface area contributed by atoms with Crippen LogP contribution in [0, 0.1) is 6.92 Å². The summed E-state index contributed by atoms with van der Waals surface area (Å²) >= 11 is 6.01. The van der Waals surface area contributed by atoms with Crippen molar-refractivity contribution in [3.05, 3.63) is 28.8 Å². The van der Waals surface area contributed by atoms with Crippen LogP contribution in [-0.4, -0.2) is 41.1 Å². The molecule has 5 heteroatoms. The van der Waals surface area contributed by atoms with E-state index in [-0.39, 0.29) is 5.91 Å². The minimum absolute atomic E-state index is 0.0805. The molecule has 1 aliphatic rings. The Kier molecular flexibility index (Phi) is 4.13. The Morgan fingerprint density at radius 3 is 2.95 bits per heavy atom. The lowest BCUT2D eigenvalue weighted by atomic mass is 10.1. The van der Waals surface area contributed by atoms with Crippen LogP contribution in [-0.2, 0) is 4.79 Å².